The average molecular weight is 291 g/mol. The van der Waals surface area contributed by atoms with Gasteiger partial charge in [-0.3, -0.25) is 4.72 Å². The molecule has 1 aromatic heterocycles. The van der Waals surface area contributed by atoms with E-state index in [1.807, 2.05) is 20.8 Å². The third-order valence-corrected chi connectivity index (χ3v) is 3.92. The lowest BCUT2D eigenvalue weighted by Gasteiger charge is -2.18. The fourth-order valence-electron chi connectivity index (χ4n) is 1.30. The second-order valence-corrected chi connectivity index (χ2v) is 7.73. The quantitative estimate of drug-likeness (QED) is 0.866. The molecule has 0 aromatic carbocycles. The molecule has 0 aliphatic heterocycles. The minimum atomic E-state index is -3.34. The van der Waals surface area contributed by atoms with Crippen LogP contribution in [-0.4, -0.2) is 19.2 Å². The molecule has 0 unspecified atom stereocenters. The lowest BCUT2D eigenvalue weighted by Crippen LogP contribution is -2.21. The van der Waals surface area contributed by atoms with Gasteiger partial charge in [0.15, 0.2) is 0 Å². The van der Waals surface area contributed by atoms with Gasteiger partial charge in [-0.05, 0) is 30.9 Å². The van der Waals surface area contributed by atoms with E-state index in [1.165, 1.54) is 0 Å². The average Bonchev–Trinajstić information content (AvgIpc) is 2.19. The third-order valence-electron chi connectivity index (χ3n) is 2.44. The molecule has 0 amide bonds. The van der Waals surface area contributed by atoms with Crippen molar-refractivity contribution in [2.75, 3.05) is 10.5 Å². The molecule has 1 aromatic rings. The number of pyridine rings is 1. The van der Waals surface area contributed by atoms with Crippen molar-refractivity contribution in [3.05, 3.63) is 23.0 Å². The zero-order valence-electron chi connectivity index (χ0n) is 11.1. The lowest BCUT2D eigenvalue weighted by atomic mass is 9.94. The summed E-state index contributed by atoms with van der Waals surface area (Å²) in [5.74, 6) is 0.0958. The number of aryl methyl sites for hydroxylation is 1. The zero-order chi connectivity index (χ0) is 14.0. The molecule has 0 fully saturated rings. The summed E-state index contributed by atoms with van der Waals surface area (Å²) in [5.41, 5.74) is 1.04. The van der Waals surface area contributed by atoms with E-state index in [9.17, 15) is 8.42 Å². The SMILES string of the molecule is Cc1nc(Cl)ccc1NS(=O)(=O)CCC(C)(C)C. The Hall–Kier alpha value is -0.810. The Morgan fingerprint density at radius 2 is 1.94 bits per heavy atom. The Morgan fingerprint density at radius 1 is 1.33 bits per heavy atom. The number of aromatic nitrogens is 1. The minimum absolute atomic E-state index is 0.0119. The number of nitrogens with one attached hydrogen (secondary N) is 1. The molecule has 1 rings (SSSR count). The summed E-state index contributed by atoms with van der Waals surface area (Å²) < 4.78 is 26.4. The molecule has 1 heterocycles. The van der Waals surface area contributed by atoms with Gasteiger partial charge in [0.05, 0.1) is 17.1 Å². The lowest BCUT2D eigenvalue weighted by molar-refractivity contribution is 0.397. The van der Waals surface area contributed by atoms with E-state index < -0.39 is 10.0 Å². The molecule has 0 saturated heterocycles. The van der Waals surface area contributed by atoms with Gasteiger partial charge in [0.25, 0.3) is 0 Å². The first-order valence-electron chi connectivity index (χ1n) is 5.73. The van der Waals surface area contributed by atoms with Crippen molar-refractivity contribution in [1.29, 1.82) is 0 Å². The molecular formula is C12H19ClN2O2S. The minimum Gasteiger partial charge on any atom is -0.282 e. The van der Waals surface area contributed by atoms with Gasteiger partial charge in [0.1, 0.15) is 5.15 Å². The summed E-state index contributed by atoms with van der Waals surface area (Å²) >= 11 is 5.72. The maximum Gasteiger partial charge on any atom is 0.232 e. The van der Waals surface area contributed by atoms with Crippen LogP contribution < -0.4 is 4.72 Å². The number of sulfonamides is 1. The molecule has 1 N–H and O–H groups in total. The highest BCUT2D eigenvalue weighted by atomic mass is 35.5. The third kappa shape index (κ3) is 5.23. The summed E-state index contributed by atoms with van der Waals surface area (Å²) in [5, 5.41) is 0.352. The Kier molecular flexibility index (Phi) is 4.61. The van der Waals surface area contributed by atoms with Crippen LogP contribution in [0.4, 0.5) is 5.69 Å². The summed E-state index contributed by atoms with van der Waals surface area (Å²) in [4.78, 5) is 4.01. The first-order chi connectivity index (χ1) is 8.09. The maximum absolute atomic E-state index is 11.9. The van der Waals surface area contributed by atoms with Crippen LogP contribution in [0.5, 0.6) is 0 Å². The van der Waals surface area contributed by atoms with Crippen molar-refractivity contribution in [2.45, 2.75) is 34.1 Å². The molecule has 0 spiro atoms. The number of nitrogens with zero attached hydrogens (tertiary/aromatic N) is 1. The molecular weight excluding hydrogens is 272 g/mol. The van der Waals surface area contributed by atoms with E-state index in [-0.39, 0.29) is 11.2 Å². The van der Waals surface area contributed by atoms with Gasteiger partial charge in [-0.2, -0.15) is 0 Å². The fourth-order valence-corrected chi connectivity index (χ4v) is 3.02. The molecule has 0 aliphatic rings. The van der Waals surface area contributed by atoms with E-state index >= 15 is 0 Å². The molecule has 6 heteroatoms. The van der Waals surface area contributed by atoms with Crippen LogP contribution in [-0.2, 0) is 10.0 Å². The van der Waals surface area contributed by atoms with Gasteiger partial charge in [0, 0.05) is 0 Å². The zero-order valence-corrected chi connectivity index (χ0v) is 12.7. The van der Waals surface area contributed by atoms with Crippen molar-refractivity contribution in [3.63, 3.8) is 0 Å². The maximum atomic E-state index is 11.9. The van der Waals surface area contributed by atoms with Crippen LogP contribution in [0.15, 0.2) is 12.1 Å². The standard InChI is InChI=1S/C12H19ClN2O2S/c1-9-10(5-6-11(13)14-9)15-18(16,17)8-7-12(2,3)4/h5-6,15H,7-8H2,1-4H3. The van der Waals surface area contributed by atoms with E-state index in [0.29, 0.717) is 23.0 Å². The number of halogens is 1. The normalized spacial score (nSPS) is 12.5. The topological polar surface area (TPSA) is 59.1 Å². The van der Waals surface area contributed by atoms with Crippen LogP contribution in [0.3, 0.4) is 0 Å². The van der Waals surface area contributed by atoms with Crippen molar-refractivity contribution in [1.82, 2.24) is 4.98 Å². The first-order valence-corrected chi connectivity index (χ1v) is 7.76. The number of hydrogen-bond donors (Lipinski definition) is 1. The van der Waals surface area contributed by atoms with Crippen molar-refractivity contribution < 1.29 is 8.42 Å². The van der Waals surface area contributed by atoms with E-state index in [0.717, 1.165) is 0 Å². The monoisotopic (exact) mass is 290 g/mol. The van der Waals surface area contributed by atoms with Crippen LogP contribution in [0.25, 0.3) is 0 Å². The Morgan fingerprint density at radius 3 is 2.44 bits per heavy atom. The van der Waals surface area contributed by atoms with Crippen LogP contribution in [0, 0.1) is 12.3 Å². The van der Waals surface area contributed by atoms with Crippen molar-refractivity contribution in [3.8, 4) is 0 Å². The van der Waals surface area contributed by atoms with Gasteiger partial charge >= 0.3 is 0 Å². The molecule has 0 saturated carbocycles. The van der Waals surface area contributed by atoms with Crippen molar-refractivity contribution >= 4 is 27.3 Å². The van der Waals surface area contributed by atoms with E-state index in [2.05, 4.69) is 9.71 Å². The van der Waals surface area contributed by atoms with Gasteiger partial charge in [-0.25, -0.2) is 13.4 Å². The van der Waals surface area contributed by atoms with E-state index in [4.69, 9.17) is 11.6 Å². The van der Waals surface area contributed by atoms with Crippen LogP contribution in [0.2, 0.25) is 5.15 Å². The highest BCUT2D eigenvalue weighted by molar-refractivity contribution is 7.92. The highest BCUT2D eigenvalue weighted by Crippen LogP contribution is 2.21. The first kappa shape index (κ1) is 15.2. The molecule has 0 atom stereocenters. The Balaban J connectivity index is 2.77. The number of hydrogen-bond acceptors (Lipinski definition) is 3. The van der Waals surface area contributed by atoms with Gasteiger partial charge in [0.2, 0.25) is 10.0 Å². The number of anilines is 1. The summed E-state index contributed by atoms with van der Waals surface area (Å²) in [6.45, 7) is 7.75. The smallest absolute Gasteiger partial charge is 0.232 e. The largest absolute Gasteiger partial charge is 0.282 e. The predicted octanol–water partition coefficient (Wildman–Crippen LogP) is 3.22. The van der Waals surface area contributed by atoms with Crippen molar-refractivity contribution in [2.24, 2.45) is 5.41 Å². The summed E-state index contributed by atoms with van der Waals surface area (Å²) in [7, 11) is -3.34. The second-order valence-electron chi connectivity index (χ2n) is 5.50. The summed E-state index contributed by atoms with van der Waals surface area (Å²) in [6, 6.07) is 3.19. The number of rotatable bonds is 4. The summed E-state index contributed by atoms with van der Waals surface area (Å²) in [6.07, 6.45) is 0.600. The van der Waals surface area contributed by atoms with Gasteiger partial charge < -0.3 is 0 Å². The predicted molar refractivity (Wildman–Crippen MR) is 75.5 cm³/mol. The molecule has 0 aliphatic carbocycles. The Labute approximate surface area is 114 Å². The highest BCUT2D eigenvalue weighted by Gasteiger charge is 2.18. The molecule has 4 nitrogen and oxygen atoms in total. The van der Waals surface area contributed by atoms with Crippen LogP contribution in [0.1, 0.15) is 32.9 Å². The molecule has 0 bridgehead atoms. The molecule has 18 heavy (non-hydrogen) atoms. The van der Waals surface area contributed by atoms with Gasteiger partial charge in [-0.1, -0.05) is 32.4 Å². The van der Waals surface area contributed by atoms with Gasteiger partial charge in [-0.15, -0.1) is 0 Å². The Bertz CT molecular complexity index is 521. The molecule has 0 radical (unpaired) electrons. The van der Waals surface area contributed by atoms with E-state index in [1.54, 1.807) is 19.1 Å². The fraction of sp³-hybridized carbons (Fsp3) is 0.583. The van der Waals surface area contributed by atoms with Crippen LogP contribution >= 0.6 is 11.6 Å². The molecule has 102 valence electrons. The second kappa shape index (κ2) is 5.45.